The number of hydrogen-bond donors (Lipinski definition) is 2. The van der Waals surface area contributed by atoms with Crippen molar-refractivity contribution in [2.24, 2.45) is 0 Å². The Labute approximate surface area is 106 Å². The molecular weight excluding hydrogens is 252 g/mol. The maximum absolute atomic E-state index is 12.1. The van der Waals surface area contributed by atoms with Gasteiger partial charge in [0.25, 0.3) is 0 Å². The number of hydrogen-bond acceptors (Lipinski definition) is 4. The quantitative estimate of drug-likeness (QED) is 0.838. The lowest BCUT2D eigenvalue weighted by Gasteiger charge is -2.15. The first-order chi connectivity index (χ1) is 8.42. The van der Waals surface area contributed by atoms with Crippen molar-refractivity contribution in [3.63, 3.8) is 0 Å². The summed E-state index contributed by atoms with van der Waals surface area (Å²) < 4.78 is 26.7. The van der Waals surface area contributed by atoms with Crippen molar-refractivity contribution in [3.05, 3.63) is 29.3 Å². The Balaban J connectivity index is 2.31. The Morgan fingerprint density at radius 3 is 2.61 bits per heavy atom. The Morgan fingerprint density at radius 1 is 1.50 bits per heavy atom. The first-order valence-electron chi connectivity index (χ1n) is 5.58. The minimum absolute atomic E-state index is 0.124. The van der Waals surface area contributed by atoms with Gasteiger partial charge in [-0.3, -0.25) is 0 Å². The van der Waals surface area contributed by atoms with Crippen LogP contribution >= 0.6 is 0 Å². The molecule has 0 heterocycles. The van der Waals surface area contributed by atoms with Gasteiger partial charge in [0.2, 0.25) is 10.0 Å². The predicted molar refractivity (Wildman–Crippen MR) is 65.3 cm³/mol. The zero-order valence-corrected chi connectivity index (χ0v) is 10.8. The molecule has 0 amide bonds. The number of nitrogens with one attached hydrogen (secondary N) is 1. The van der Waals surface area contributed by atoms with Gasteiger partial charge in [-0.25, -0.2) is 13.1 Å². The average Bonchev–Trinajstić information content (AvgIpc) is 3.08. The highest BCUT2D eigenvalue weighted by atomic mass is 32.2. The third-order valence-electron chi connectivity index (χ3n) is 3.14. The van der Waals surface area contributed by atoms with Crippen LogP contribution in [0.25, 0.3) is 0 Å². The zero-order chi connectivity index (χ0) is 13.4. The van der Waals surface area contributed by atoms with E-state index in [-0.39, 0.29) is 11.5 Å². The molecule has 5 nitrogen and oxygen atoms in total. The molecule has 0 radical (unpaired) electrons. The summed E-state index contributed by atoms with van der Waals surface area (Å²) in [5.74, 6) is 0. The van der Waals surface area contributed by atoms with Crippen LogP contribution in [0.4, 0.5) is 0 Å². The van der Waals surface area contributed by atoms with Gasteiger partial charge < -0.3 is 5.11 Å². The van der Waals surface area contributed by atoms with E-state index in [1.807, 2.05) is 6.07 Å². The van der Waals surface area contributed by atoms with Gasteiger partial charge in [-0.1, -0.05) is 0 Å². The topological polar surface area (TPSA) is 90.2 Å². The van der Waals surface area contributed by atoms with Gasteiger partial charge in [-0.05, 0) is 43.5 Å². The van der Waals surface area contributed by atoms with Crippen LogP contribution in [0.5, 0.6) is 0 Å². The van der Waals surface area contributed by atoms with E-state index in [9.17, 15) is 8.42 Å². The van der Waals surface area contributed by atoms with E-state index in [0.717, 1.165) is 0 Å². The van der Waals surface area contributed by atoms with Crippen molar-refractivity contribution in [1.29, 1.82) is 5.26 Å². The summed E-state index contributed by atoms with van der Waals surface area (Å²) in [5.41, 5.74) is 0.396. The maximum atomic E-state index is 12.1. The van der Waals surface area contributed by atoms with E-state index in [2.05, 4.69) is 4.72 Å². The molecule has 6 heteroatoms. The highest BCUT2D eigenvalue weighted by Gasteiger charge is 2.45. The van der Waals surface area contributed by atoms with Gasteiger partial charge in [0.05, 0.1) is 28.7 Å². The summed E-state index contributed by atoms with van der Waals surface area (Å²) in [6.45, 7) is 1.50. The molecule has 0 spiro atoms. The van der Waals surface area contributed by atoms with Gasteiger partial charge in [-0.15, -0.1) is 0 Å². The standard InChI is InChI=1S/C12H14N2O3S/c1-9-6-11(3-2-10(9)7-13)18(16,17)14-12(8-15)4-5-12/h2-3,6,14-15H,4-5,8H2,1H3. The third-order valence-corrected chi connectivity index (χ3v) is 4.71. The number of aliphatic hydroxyl groups is 1. The van der Waals surface area contributed by atoms with E-state index in [0.29, 0.717) is 24.0 Å². The summed E-state index contributed by atoms with van der Waals surface area (Å²) in [4.78, 5) is 0.124. The Bertz CT molecular complexity index is 613. The van der Waals surface area contributed by atoms with Crippen LogP contribution in [-0.2, 0) is 10.0 Å². The van der Waals surface area contributed by atoms with Crippen LogP contribution in [0.15, 0.2) is 23.1 Å². The van der Waals surface area contributed by atoms with E-state index in [4.69, 9.17) is 10.4 Å². The molecule has 1 aliphatic carbocycles. The molecule has 0 aliphatic heterocycles. The molecule has 1 aliphatic rings. The average molecular weight is 266 g/mol. The van der Waals surface area contributed by atoms with E-state index in [1.165, 1.54) is 18.2 Å². The van der Waals surface area contributed by atoms with Crippen molar-refractivity contribution >= 4 is 10.0 Å². The number of aliphatic hydroxyl groups excluding tert-OH is 1. The summed E-state index contributed by atoms with van der Waals surface area (Å²) in [7, 11) is -3.63. The van der Waals surface area contributed by atoms with Crippen LogP contribution < -0.4 is 4.72 Å². The van der Waals surface area contributed by atoms with Gasteiger partial charge in [0.1, 0.15) is 0 Å². The summed E-state index contributed by atoms with van der Waals surface area (Å²) >= 11 is 0. The van der Waals surface area contributed by atoms with Gasteiger partial charge in [0, 0.05) is 0 Å². The Kier molecular flexibility index (Phi) is 3.15. The Morgan fingerprint density at radius 2 is 2.17 bits per heavy atom. The number of sulfonamides is 1. The summed E-state index contributed by atoms with van der Waals surface area (Å²) in [5, 5.41) is 17.9. The minimum atomic E-state index is -3.63. The fourth-order valence-corrected chi connectivity index (χ4v) is 3.25. The molecule has 1 aromatic rings. The second-order valence-electron chi connectivity index (χ2n) is 4.63. The van der Waals surface area contributed by atoms with Gasteiger partial charge in [-0.2, -0.15) is 5.26 Å². The lowest BCUT2D eigenvalue weighted by molar-refractivity contribution is 0.246. The van der Waals surface area contributed by atoms with Gasteiger partial charge in [0.15, 0.2) is 0 Å². The molecule has 0 atom stereocenters. The molecule has 1 aromatic carbocycles. The number of rotatable bonds is 4. The zero-order valence-electron chi connectivity index (χ0n) is 9.97. The molecule has 0 unspecified atom stereocenters. The molecule has 96 valence electrons. The highest BCUT2D eigenvalue weighted by molar-refractivity contribution is 7.89. The molecule has 0 bridgehead atoms. The third kappa shape index (κ3) is 2.38. The number of aryl methyl sites for hydroxylation is 1. The fraction of sp³-hybridized carbons (Fsp3) is 0.417. The Hall–Kier alpha value is -1.42. The van der Waals surface area contributed by atoms with Crippen molar-refractivity contribution in [2.75, 3.05) is 6.61 Å². The number of benzene rings is 1. The number of nitriles is 1. The second-order valence-corrected chi connectivity index (χ2v) is 6.31. The second kappa shape index (κ2) is 4.35. The molecule has 2 N–H and O–H groups in total. The predicted octanol–water partition coefficient (Wildman–Crippen LogP) is 0.670. The van der Waals surface area contributed by atoms with E-state index in [1.54, 1.807) is 6.92 Å². The van der Waals surface area contributed by atoms with Gasteiger partial charge >= 0.3 is 0 Å². The minimum Gasteiger partial charge on any atom is -0.394 e. The molecule has 2 rings (SSSR count). The smallest absolute Gasteiger partial charge is 0.241 e. The molecule has 1 fully saturated rings. The molecular formula is C12H14N2O3S. The lowest BCUT2D eigenvalue weighted by Crippen LogP contribution is -2.39. The fourth-order valence-electron chi connectivity index (χ4n) is 1.72. The van der Waals surface area contributed by atoms with Crippen LogP contribution in [0.2, 0.25) is 0 Å². The molecule has 18 heavy (non-hydrogen) atoms. The van der Waals surface area contributed by atoms with Crippen molar-refractivity contribution < 1.29 is 13.5 Å². The largest absolute Gasteiger partial charge is 0.394 e. The van der Waals surface area contributed by atoms with Crippen LogP contribution in [0.1, 0.15) is 24.0 Å². The molecule has 1 saturated carbocycles. The van der Waals surface area contributed by atoms with Crippen molar-refractivity contribution in [3.8, 4) is 6.07 Å². The SMILES string of the molecule is Cc1cc(S(=O)(=O)NC2(CO)CC2)ccc1C#N. The van der Waals surface area contributed by atoms with Crippen molar-refractivity contribution in [1.82, 2.24) is 4.72 Å². The van der Waals surface area contributed by atoms with Crippen LogP contribution in [0.3, 0.4) is 0 Å². The first kappa shape index (κ1) is 13.0. The monoisotopic (exact) mass is 266 g/mol. The van der Waals surface area contributed by atoms with Crippen LogP contribution in [-0.4, -0.2) is 25.7 Å². The summed E-state index contributed by atoms with van der Waals surface area (Å²) in [6, 6.07) is 6.35. The maximum Gasteiger partial charge on any atom is 0.241 e. The van der Waals surface area contributed by atoms with E-state index >= 15 is 0 Å². The first-order valence-corrected chi connectivity index (χ1v) is 7.06. The molecule has 0 aromatic heterocycles. The lowest BCUT2D eigenvalue weighted by atomic mass is 10.1. The van der Waals surface area contributed by atoms with Crippen LogP contribution in [0, 0.1) is 18.3 Å². The van der Waals surface area contributed by atoms with E-state index < -0.39 is 15.6 Å². The highest BCUT2D eigenvalue weighted by Crippen LogP contribution is 2.36. The molecule has 0 saturated heterocycles. The summed E-state index contributed by atoms with van der Waals surface area (Å²) in [6.07, 6.45) is 1.30. The van der Waals surface area contributed by atoms with Crippen molar-refractivity contribution in [2.45, 2.75) is 30.2 Å². The normalized spacial score (nSPS) is 17.2. The number of nitrogens with zero attached hydrogens (tertiary/aromatic N) is 1.